The van der Waals surface area contributed by atoms with Gasteiger partial charge in [-0.2, -0.15) is 0 Å². The van der Waals surface area contributed by atoms with E-state index in [1.807, 2.05) is 0 Å². The number of urea groups is 1. The summed E-state index contributed by atoms with van der Waals surface area (Å²) in [6.45, 7) is 4.62. The van der Waals surface area contributed by atoms with Crippen LogP contribution >= 0.6 is 0 Å². The third-order valence-electron chi connectivity index (χ3n) is 3.73. The zero-order valence-electron chi connectivity index (χ0n) is 10.1. The monoisotopic (exact) mass is 241 g/mol. The Morgan fingerprint density at radius 2 is 2.00 bits per heavy atom. The number of aliphatic hydroxyl groups is 1. The fourth-order valence-corrected chi connectivity index (χ4v) is 2.57. The van der Waals surface area contributed by atoms with Gasteiger partial charge in [0.05, 0.1) is 13.2 Å². The number of rotatable bonds is 3. The zero-order valence-corrected chi connectivity index (χ0v) is 10.1. The number of imide groups is 1. The largest absolute Gasteiger partial charge is 0.395 e. The minimum absolute atomic E-state index is 0.0872. The molecule has 0 saturated carbocycles. The Morgan fingerprint density at radius 3 is 2.53 bits per heavy atom. The van der Waals surface area contributed by atoms with Crippen LogP contribution in [-0.2, 0) is 4.79 Å². The van der Waals surface area contributed by atoms with Crippen LogP contribution in [0.25, 0.3) is 0 Å². The molecule has 1 spiro atoms. The molecular formula is C11H19N3O3. The molecule has 0 atom stereocenters. The minimum atomic E-state index is -0.710. The number of hydrogen-bond acceptors (Lipinski definition) is 4. The summed E-state index contributed by atoms with van der Waals surface area (Å²) in [6, 6.07) is -0.367. The quantitative estimate of drug-likeness (QED) is 0.646. The molecule has 17 heavy (non-hydrogen) atoms. The number of carbonyl (C=O) groups is 2. The van der Waals surface area contributed by atoms with Crippen LogP contribution < -0.4 is 5.32 Å². The van der Waals surface area contributed by atoms with E-state index < -0.39 is 5.54 Å². The van der Waals surface area contributed by atoms with Crippen molar-refractivity contribution in [3.05, 3.63) is 0 Å². The van der Waals surface area contributed by atoms with Gasteiger partial charge in [0.2, 0.25) is 0 Å². The molecule has 6 nitrogen and oxygen atoms in total. The van der Waals surface area contributed by atoms with Crippen molar-refractivity contribution >= 4 is 11.9 Å². The van der Waals surface area contributed by atoms with Crippen molar-refractivity contribution in [3.8, 4) is 0 Å². The summed E-state index contributed by atoms with van der Waals surface area (Å²) in [5.41, 5.74) is -0.710. The summed E-state index contributed by atoms with van der Waals surface area (Å²) in [4.78, 5) is 27.2. The molecule has 0 aromatic heterocycles. The Balaban J connectivity index is 2.08. The van der Waals surface area contributed by atoms with E-state index in [0.29, 0.717) is 12.8 Å². The standard InChI is InChI=1S/C11H19N3O3/c1-2-13-5-3-11(4-6-13)9(16)14(7-8-15)10(17)12-11/h15H,2-8H2,1H3,(H,12,17). The van der Waals surface area contributed by atoms with Gasteiger partial charge in [0.25, 0.3) is 5.91 Å². The molecule has 0 unspecified atom stereocenters. The van der Waals surface area contributed by atoms with Gasteiger partial charge in [-0.25, -0.2) is 4.79 Å². The highest BCUT2D eigenvalue weighted by atomic mass is 16.3. The first kappa shape index (κ1) is 12.3. The summed E-state index contributed by atoms with van der Waals surface area (Å²) in [5.74, 6) is -0.174. The van der Waals surface area contributed by atoms with Crippen LogP contribution in [-0.4, -0.2) is 65.2 Å². The molecule has 2 aliphatic heterocycles. The zero-order chi connectivity index (χ0) is 12.5. The molecule has 6 heteroatoms. The van der Waals surface area contributed by atoms with Crippen LogP contribution in [0.4, 0.5) is 4.79 Å². The first-order chi connectivity index (χ1) is 8.13. The fourth-order valence-electron chi connectivity index (χ4n) is 2.57. The number of aliphatic hydroxyl groups excluding tert-OH is 1. The average Bonchev–Trinajstić information content (AvgIpc) is 2.56. The van der Waals surface area contributed by atoms with E-state index in [0.717, 1.165) is 24.5 Å². The van der Waals surface area contributed by atoms with Gasteiger partial charge in [-0.3, -0.25) is 9.69 Å². The summed E-state index contributed by atoms with van der Waals surface area (Å²) < 4.78 is 0. The van der Waals surface area contributed by atoms with E-state index >= 15 is 0 Å². The van der Waals surface area contributed by atoms with Gasteiger partial charge in [0.1, 0.15) is 5.54 Å². The number of likely N-dealkylation sites (tertiary alicyclic amines) is 1. The number of hydrogen-bond donors (Lipinski definition) is 2. The predicted molar refractivity (Wildman–Crippen MR) is 61.4 cm³/mol. The molecule has 0 bridgehead atoms. The Morgan fingerprint density at radius 1 is 1.35 bits per heavy atom. The Bertz CT molecular complexity index is 324. The molecule has 3 amide bonds. The highest BCUT2D eigenvalue weighted by Gasteiger charge is 2.51. The Kier molecular flexibility index (Phi) is 3.35. The molecule has 2 aliphatic rings. The fraction of sp³-hybridized carbons (Fsp3) is 0.818. The lowest BCUT2D eigenvalue weighted by Gasteiger charge is -2.36. The van der Waals surface area contributed by atoms with E-state index in [1.165, 1.54) is 0 Å². The van der Waals surface area contributed by atoms with Crippen molar-refractivity contribution in [2.45, 2.75) is 25.3 Å². The third-order valence-corrected chi connectivity index (χ3v) is 3.73. The van der Waals surface area contributed by atoms with E-state index in [-0.39, 0.29) is 25.1 Å². The molecule has 2 heterocycles. The van der Waals surface area contributed by atoms with Crippen molar-refractivity contribution in [2.75, 3.05) is 32.8 Å². The second-order valence-corrected chi connectivity index (χ2v) is 4.63. The molecule has 0 aliphatic carbocycles. The van der Waals surface area contributed by atoms with Crippen LogP contribution in [0.15, 0.2) is 0 Å². The van der Waals surface area contributed by atoms with Crippen molar-refractivity contribution < 1.29 is 14.7 Å². The number of nitrogens with one attached hydrogen (secondary N) is 1. The first-order valence-corrected chi connectivity index (χ1v) is 6.10. The van der Waals surface area contributed by atoms with Crippen LogP contribution in [0.5, 0.6) is 0 Å². The van der Waals surface area contributed by atoms with Gasteiger partial charge < -0.3 is 15.3 Å². The average molecular weight is 241 g/mol. The molecule has 2 saturated heterocycles. The number of carbonyl (C=O) groups excluding carboxylic acids is 2. The molecule has 96 valence electrons. The van der Waals surface area contributed by atoms with Gasteiger partial charge >= 0.3 is 6.03 Å². The number of piperidine rings is 1. The lowest BCUT2D eigenvalue weighted by atomic mass is 9.87. The molecule has 0 aromatic rings. The van der Waals surface area contributed by atoms with Crippen LogP contribution in [0.3, 0.4) is 0 Å². The van der Waals surface area contributed by atoms with Gasteiger partial charge in [-0.1, -0.05) is 6.92 Å². The minimum Gasteiger partial charge on any atom is -0.395 e. The summed E-state index contributed by atoms with van der Waals surface area (Å²) >= 11 is 0. The van der Waals surface area contributed by atoms with Crippen LogP contribution in [0.2, 0.25) is 0 Å². The molecule has 2 fully saturated rings. The maximum Gasteiger partial charge on any atom is 0.325 e. The van der Waals surface area contributed by atoms with Crippen LogP contribution in [0, 0.1) is 0 Å². The molecule has 2 rings (SSSR count). The number of amides is 3. The lowest BCUT2D eigenvalue weighted by Crippen LogP contribution is -2.54. The summed E-state index contributed by atoms with van der Waals surface area (Å²) in [7, 11) is 0. The second-order valence-electron chi connectivity index (χ2n) is 4.63. The second kappa shape index (κ2) is 4.62. The van der Waals surface area contributed by atoms with E-state index in [4.69, 9.17) is 5.11 Å². The third kappa shape index (κ3) is 2.02. The van der Waals surface area contributed by atoms with Crippen LogP contribution in [0.1, 0.15) is 19.8 Å². The number of nitrogens with zero attached hydrogens (tertiary/aromatic N) is 2. The van der Waals surface area contributed by atoms with Crippen molar-refractivity contribution in [1.29, 1.82) is 0 Å². The van der Waals surface area contributed by atoms with Gasteiger partial charge in [-0.05, 0) is 19.4 Å². The van der Waals surface area contributed by atoms with Gasteiger partial charge in [0, 0.05) is 13.1 Å². The molecule has 0 radical (unpaired) electrons. The topological polar surface area (TPSA) is 72.9 Å². The molecular weight excluding hydrogens is 222 g/mol. The highest BCUT2D eigenvalue weighted by Crippen LogP contribution is 2.29. The maximum absolute atomic E-state index is 12.2. The summed E-state index contributed by atoms with van der Waals surface area (Å²) in [6.07, 6.45) is 1.32. The van der Waals surface area contributed by atoms with E-state index in [9.17, 15) is 9.59 Å². The van der Waals surface area contributed by atoms with E-state index in [2.05, 4.69) is 17.1 Å². The van der Waals surface area contributed by atoms with Crippen molar-refractivity contribution in [1.82, 2.24) is 15.1 Å². The highest BCUT2D eigenvalue weighted by molar-refractivity contribution is 6.07. The van der Waals surface area contributed by atoms with E-state index in [1.54, 1.807) is 0 Å². The number of β-amino-alcohol motifs (C(OH)–C–C–N with tert-alkyl or cyclic N) is 1. The normalized spacial score (nSPS) is 24.5. The van der Waals surface area contributed by atoms with Crippen molar-refractivity contribution in [2.24, 2.45) is 0 Å². The lowest BCUT2D eigenvalue weighted by molar-refractivity contribution is -0.133. The molecule has 2 N–H and O–H groups in total. The summed E-state index contributed by atoms with van der Waals surface area (Å²) in [5, 5.41) is 11.6. The van der Waals surface area contributed by atoms with Gasteiger partial charge in [-0.15, -0.1) is 0 Å². The predicted octanol–water partition coefficient (Wildman–Crippen LogP) is -0.615. The molecule has 0 aromatic carbocycles. The van der Waals surface area contributed by atoms with Crippen molar-refractivity contribution in [3.63, 3.8) is 0 Å². The smallest absolute Gasteiger partial charge is 0.325 e. The SMILES string of the molecule is CCN1CCC2(CC1)NC(=O)N(CCO)C2=O. The Labute approximate surface area is 101 Å². The Hall–Kier alpha value is -1.14. The first-order valence-electron chi connectivity index (χ1n) is 6.10. The maximum atomic E-state index is 12.2. The van der Waals surface area contributed by atoms with Gasteiger partial charge in [0.15, 0.2) is 0 Å².